The van der Waals surface area contributed by atoms with Crippen LogP contribution < -0.4 is 5.32 Å². The van der Waals surface area contributed by atoms with Gasteiger partial charge in [-0.1, -0.05) is 26.2 Å². The number of carbonyl (C=O) groups excluding carboxylic acids is 1. The molecule has 1 saturated carbocycles. The molecule has 2 amide bonds. The fourth-order valence-corrected chi connectivity index (χ4v) is 2.72. The number of hydrogen-bond acceptors (Lipinski definition) is 2. The lowest BCUT2D eigenvalue weighted by atomic mass is 9.81. The van der Waals surface area contributed by atoms with Gasteiger partial charge in [-0.05, 0) is 38.5 Å². The van der Waals surface area contributed by atoms with E-state index in [9.17, 15) is 9.59 Å². The lowest BCUT2D eigenvalue weighted by molar-refractivity contribution is -0.146. The average molecular weight is 284 g/mol. The van der Waals surface area contributed by atoms with Gasteiger partial charge in [0.1, 0.15) is 5.54 Å². The zero-order chi connectivity index (χ0) is 15.3. The van der Waals surface area contributed by atoms with Gasteiger partial charge in [0.2, 0.25) is 0 Å². The molecule has 1 fully saturated rings. The highest BCUT2D eigenvalue weighted by Gasteiger charge is 2.35. The van der Waals surface area contributed by atoms with E-state index in [0.29, 0.717) is 12.5 Å². The standard InChI is InChI=1S/C15H28N2O3/c1-11-6-5-7-12(10-11)8-9-16-14(20)17(4)15(2,3)13(18)19/h11-12H,5-10H2,1-4H3,(H,16,20)(H,18,19). The van der Waals surface area contributed by atoms with Crippen molar-refractivity contribution in [1.29, 1.82) is 0 Å². The first-order chi connectivity index (χ1) is 9.25. The molecular formula is C15H28N2O3. The lowest BCUT2D eigenvalue weighted by Gasteiger charge is -2.32. The number of aliphatic carboxylic acids is 1. The second kappa shape index (κ2) is 6.95. The van der Waals surface area contributed by atoms with Crippen molar-refractivity contribution in [3.05, 3.63) is 0 Å². The molecule has 0 aliphatic heterocycles. The van der Waals surface area contributed by atoms with Crippen molar-refractivity contribution >= 4 is 12.0 Å². The summed E-state index contributed by atoms with van der Waals surface area (Å²) in [6.45, 7) is 5.96. The molecule has 0 aromatic carbocycles. The summed E-state index contributed by atoms with van der Waals surface area (Å²) in [6, 6.07) is -0.318. The Morgan fingerprint density at radius 1 is 1.35 bits per heavy atom. The van der Waals surface area contributed by atoms with E-state index < -0.39 is 11.5 Å². The predicted octanol–water partition coefficient (Wildman–Crippen LogP) is 2.71. The van der Waals surface area contributed by atoms with Gasteiger partial charge in [0, 0.05) is 13.6 Å². The number of nitrogens with one attached hydrogen (secondary N) is 1. The molecule has 0 saturated heterocycles. The minimum Gasteiger partial charge on any atom is -0.480 e. The Morgan fingerprint density at radius 3 is 2.55 bits per heavy atom. The van der Waals surface area contributed by atoms with Gasteiger partial charge in [0.05, 0.1) is 0 Å². The highest BCUT2D eigenvalue weighted by molar-refractivity contribution is 5.85. The summed E-state index contributed by atoms with van der Waals surface area (Å²) in [7, 11) is 1.52. The maximum atomic E-state index is 12.0. The molecule has 1 aliphatic carbocycles. The van der Waals surface area contributed by atoms with Crippen molar-refractivity contribution in [2.75, 3.05) is 13.6 Å². The molecule has 5 nitrogen and oxygen atoms in total. The zero-order valence-corrected chi connectivity index (χ0v) is 13.1. The number of carboxylic acid groups (broad SMARTS) is 1. The van der Waals surface area contributed by atoms with E-state index in [4.69, 9.17) is 5.11 Å². The monoisotopic (exact) mass is 284 g/mol. The van der Waals surface area contributed by atoms with Crippen LogP contribution >= 0.6 is 0 Å². The minimum atomic E-state index is -1.19. The minimum absolute atomic E-state index is 0.318. The lowest BCUT2D eigenvalue weighted by Crippen LogP contribution is -2.54. The summed E-state index contributed by atoms with van der Waals surface area (Å²) in [5, 5.41) is 11.9. The Morgan fingerprint density at radius 2 is 2.00 bits per heavy atom. The highest BCUT2D eigenvalue weighted by atomic mass is 16.4. The van der Waals surface area contributed by atoms with Gasteiger partial charge in [0.25, 0.3) is 0 Å². The molecule has 0 radical (unpaired) electrons. The molecule has 0 spiro atoms. The first kappa shape index (κ1) is 16.8. The van der Waals surface area contributed by atoms with E-state index >= 15 is 0 Å². The van der Waals surface area contributed by atoms with E-state index in [1.807, 2.05) is 0 Å². The first-order valence-electron chi connectivity index (χ1n) is 7.50. The van der Waals surface area contributed by atoms with Gasteiger partial charge in [-0.15, -0.1) is 0 Å². The van der Waals surface area contributed by atoms with E-state index in [0.717, 1.165) is 12.3 Å². The molecule has 0 aromatic rings. The van der Waals surface area contributed by atoms with E-state index in [2.05, 4.69) is 12.2 Å². The van der Waals surface area contributed by atoms with Crippen LogP contribution in [0.2, 0.25) is 0 Å². The quantitative estimate of drug-likeness (QED) is 0.815. The molecule has 116 valence electrons. The summed E-state index contributed by atoms with van der Waals surface area (Å²) in [5.41, 5.74) is -1.19. The van der Waals surface area contributed by atoms with Crippen LogP contribution in [-0.4, -0.2) is 41.1 Å². The number of urea groups is 1. The second-order valence-corrected chi connectivity index (χ2v) is 6.58. The molecule has 5 heteroatoms. The Bertz CT molecular complexity index is 355. The third-order valence-corrected chi connectivity index (χ3v) is 4.54. The van der Waals surface area contributed by atoms with Crippen LogP contribution in [0.1, 0.15) is 52.9 Å². The third kappa shape index (κ3) is 4.39. The van der Waals surface area contributed by atoms with Crippen LogP contribution in [0.25, 0.3) is 0 Å². The Kier molecular flexibility index (Phi) is 5.84. The fraction of sp³-hybridized carbons (Fsp3) is 0.867. The first-order valence-corrected chi connectivity index (χ1v) is 7.50. The molecule has 20 heavy (non-hydrogen) atoms. The van der Waals surface area contributed by atoms with Crippen molar-refractivity contribution < 1.29 is 14.7 Å². The number of amides is 2. The number of carbonyl (C=O) groups is 2. The SMILES string of the molecule is CC1CCCC(CCNC(=O)N(C)C(C)(C)C(=O)O)C1. The average Bonchev–Trinajstić information content (AvgIpc) is 2.37. The molecule has 2 atom stereocenters. The van der Waals surface area contributed by atoms with Crippen molar-refractivity contribution in [3.8, 4) is 0 Å². The summed E-state index contributed by atoms with van der Waals surface area (Å²) >= 11 is 0. The summed E-state index contributed by atoms with van der Waals surface area (Å²) < 4.78 is 0. The smallest absolute Gasteiger partial charge is 0.329 e. The fourth-order valence-electron chi connectivity index (χ4n) is 2.72. The number of nitrogens with zero attached hydrogens (tertiary/aromatic N) is 1. The zero-order valence-electron chi connectivity index (χ0n) is 13.1. The molecule has 2 N–H and O–H groups in total. The van der Waals surface area contributed by atoms with Crippen molar-refractivity contribution in [2.45, 2.75) is 58.4 Å². The van der Waals surface area contributed by atoms with E-state index in [-0.39, 0.29) is 6.03 Å². The Hall–Kier alpha value is -1.26. The van der Waals surface area contributed by atoms with Gasteiger partial charge in [-0.25, -0.2) is 9.59 Å². The van der Waals surface area contributed by atoms with Gasteiger partial charge >= 0.3 is 12.0 Å². The summed E-state index contributed by atoms with van der Waals surface area (Å²) in [5.74, 6) is 0.478. The molecule has 2 unspecified atom stereocenters. The molecule has 0 bridgehead atoms. The molecule has 0 aromatic heterocycles. The van der Waals surface area contributed by atoms with Crippen LogP contribution in [-0.2, 0) is 4.79 Å². The molecule has 0 heterocycles. The van der Waals surface area contributed by atoms with Gasteiger partial charge < -0.3 is 15.3 Å². The maximum Gasteiger partial charge on any atom is 0.329 e. The van der Waals surface area contributed by atoms with Crippen molar-refractivity contribution in [3.63, 3.8) is 0 Å². The Balaban J connectivity index is 2.34. The second-order valence-electron chi connectivity index (χ2n) is 6.58. The number of hydrogen-bond donors (Lipinski definition) is 2. The van der Waals surface area contributed by atoms with Crippen LogP contribution in [0, 0.1) is 11.8 Å². The van der Waals surface area contributed by atoms with Crippen molar-refractivity contribution in [2.24, 2.45) is 11.8 Å². The van der Waals surface area contributed by atoms with Gasteiger partial charge in [-0.3, -0.25) is 0 Å². The largest absolute Gasteiger partial charge is 0.480 e. The number of likely N-dealkylation sites (N-methyl/N-ethyl adjacent to an activating group) is 1. The van der Waals surface area contributed by atoms with Crippen LogP contribution in [0.5, 0.6) is 0 Å². The molecule has 1 rings (SSSR count). The summed E-state index contributed by atoms with van der Waals surface area (Å²) in [4.78, 5) is 24.3. The predicted molar refractivity (Wildman–Crippen MR) is 78.6 cm³/mol. The van der Waals surface area contributed by atoms with Crippen molar-refractivity contribution in [1.82, 2.24) is 10.2 Å². The summed E-state index contributed by atoms with van der Waals surface area (Å²) in [6.07, 6.45) is 6.07. The third-order valence-electron chi connectivity index (χ3n) is 4.54. The number of rotatable bonds is 5. The van der Waals surface area contributed by atoms with Crippen LogP contribution in [0.3, 0.4) is 0 Å². The highest BCUT2D eigenvalue weighted by Crippen LogP contribution is 2.30. The van der Waals surface area contributed by atoms with E-state index in [1.54, 1.807) is 0 Å². The molecule has 1 aliphatic rings. The van der Waals surface area contributed by atoms with Gasteiger partial charge in [-0.2, -0.15) is 0 Å². The normalized spacial score (nSPS) is 23.2. The molecular weight excluding hydrogens is 256 g/mol. The topological polar surface area (TPSA) is 69.6 Å². The van der Waals surface area contributed by atoms with Crippen LogP contribution in [0.15, 0.2) is 0 Å². The Labute approximate surface area is 121 Å². The maximum absolute atomic E-state index is 12.0. The van der Waals surface area contributed by atoms with E-state index in [1.165, 1.54) is 51.5 Å². The van der Waals surface area contributed by atoms with Crippen LogP contribution in [0.4, 0.5) is 4.79 Å². The number of carboxylic acids is 1. The van der Waals surface area contributed by atoms with Gasteiger partial charge in [0.15, 0.2) is 0 Å².